The molecule has 10 heteroatoms. The van der Waals surface area contributed by atoms with Crippen molar-refractivity contribution in [1.29, 1.82) is 0 Å². The topological polar surface area (TPSA) is 91.6 Å². The van der Waals surface area contributed by atoms with Crippen molar-refractivity contribution >= 4 is 56.5 Å². The number of hydrogen-bond acceptors (Lipinski definition) is 5. The molecule has 0 spiro atoms. The molecule has 1 atom stereocenters. The number of hydrogen-bond donors (Lipinski definition) is 2. The molecule has 0 radical (unpaired) electrons. The van der Waals surface area contributed by atoms with Crippen molar-refractivity contribution in [3.8, 4) is 11.3 Å². The minimum atomic E-state index is -0.166. The quantitative estimate of drug-likeness (QED) is 0.303. The summed E-state index contributed by atoms with van der Waals surface area (Å²) in [6, 6.07) is 16.7. The van der Waals surface area contributed by atoms with Crippen LogP contribution >= 0.6 is 27.5 Å². The fourth-order valence-electron chi connectivity index (χ4n) is 4.65. The lowest BCUT2D eigenvalue weighted by Crippen LogP contribution is -2.42. The number of fused-ring (bicyclic) bond motifs is 1. The highest BCUT2D eigenvalue weighted by atomic mass is 79.9. The summed E-state index contributed by atoms with van der Waals surface area (Å²) in [5.41, 5.74) is 3.48. The monoisotopic (exact) mass is 580 g/mol. The van der Waals surface area contributed by atoms with Gasteiger partial charge < -0.3 is 15.5 Å². The molecule has 1 unspecified atom stereocenters. The molecule has 3 heterocycles. The van der Waals surface area contributed by atoms with E-state index in [0.29, 0.717) is 41.6 Å². The van der Waals surface area contributed by atoms with E-state index in [9.17, 15) is 9.59 Å². The van der Waals surface area contributed by atoms with Crippen LogP contribution in [0.3, 0.4) is 0 Å². The van der Waals surface area contributed by atoms with Crippen molar-refractivity contribution in [1.82, 2.24) is 19.5 Å². The molecule has 2 aromatic heterocycles. The van der Waals surface area contributed by atoms with Gasteiger partial charge in [-0.25, -0.2) is 4.98 Å². The predicted molar refractivity (Wildman–Crippen MR) is 149 cm³/mol. The van der Waals surface area contributed by atoms with Gasteiger partial charge in [-0.1, -0.05) is 35.9 Å². The van der Waals surface area contributed by atoms with Crippen LogP contribution in [0.25, 0.3) is 16.9 Å². The van der Waals surface area contributed by atoms with Gasteiger partial charge in [0, 0.05) is 54.5 Å². The maximum Gasteiger partial charge on any atom is 0.253 e. The first-order valence-corrected chi connectivity index (χ1v) is 13.3. The van der Waals surface area contributed by atoms with Crippen LogP contribution in [0, 0.1) is 5.92 Å². The fraction of sp³-hybridized carbons (Fsp3) is 0.259. The average Bonchev–Trinajstić information content (AvgIpc) is 3.27. The van der Waals surface area contributed by atoms with Gasteiger partial charge in [0.1, 0.15) is 5.82 Å². The van der Waals surface area contributed by atoms with Crippen LogP contribution < -0.4 is 10.6 Å². The van der Waals surface area contributed by atoms with Crippen LogP contribution in [0.2, 0.25) is 5.02 Å². The third kappa shape index (κ3) is 5.62. The molecule has 1 aliphatic rings. The molecule has 37 heavy (non-hydrogen) atoms. The second kappa shape index (κ2) is 10.9. The largest absolute Gasteiger partial charge is 0.370 e. The number of rotatable bonds is 6. The van der Waals surface area contributed by atoms with E-state index in [1.807, 2.05) is 35.2 Å². The molecule has 0 bridgehead atoms. The maximum absolute atomic E-state index is 13.2. The summed E-state index contributed by atoms with van der Waals surface area (Å²) in [6.07, 6.45) is 3.66. The smallest absolute Gasteiger partial charge is 0.253 e. The van der Waals surface area contributed by atoms with E-state index in [2.05, 4.69) is 31.7 Å². The minimum absolute atomic E-state index is 0.0276. The number of carbonyl (C=O) groups is 2. The van der Waals surface area contributed by atoms with Gasteiger partial charge in [0.2, 0.25) is 5.91 Å². The molecule has 5 rings (SSSR count). The molecule has 2 amide bonds. The van der Waals surface area contributed by atoms with E-state index in [1.54, 1.807) is 35.0 Å². The lowest BCUT2D eigenvalue weighted by molar-refractivity contribution is -0.114. The molecule has 2 N–H and O–H groups in total. The maximum atomic E-state index is 13.2. The Labute approximate surface area is 228 Å². The molecule has 0 saturated carbocycles. The van der Waals surface area contributed by atoms with Crippen molar-refractivity contribution < 1.29 is 9.59 Å². The van der Waals surface area contributed by atoms with E-state index in [4.69, 9.17) is 16.6 Å². The summed E-state index contributed by atoms with van der Waals surface area (Å²) < 4.78 is 2.56. The van der Waals surface area contributed by atoms with Crippen molar-refractivity contribution in [2.45, 2.75) is 19.8 Å². The Balaban J connectivity index is 1.32. The summed E-state index contributed by atoms with van der Waals surface area (Å²) in [5, 5.41) is 11.4. The SMILES string of the molecule is CC(=O)Nc1cccc(C(=O)N2CCCC(CNc3cc(-c4ccccc4Cl)nc4c(Br)cnn34)C2)c1. The molecule has 2 aromatic carbocycles. The molecular weight excluding hydrogens is 556 g/mol. The van der Waals surface area contributed by atoms with Crippen LogP contribution in [0.1, 0.15) is 30.1 Å². The molecule has 190 valence electrons. The summed E-state index contributed by atoms with van der Waals surface area (Å²) in [7, 11) is 0. The zero-order chi connectivity index (χ0) is 25.9. The van der Waals surface area contributed by atoms with Gasteiger partial charge in [-0.15, -0.1) is 0 Å². The molecule has 1 fully saturated rings. The van der Waals surface area contributed by atoms with Gasteiger partial charge >= 0.3 is 0 Å². The zero-order valence-corrected chi connectivity index (χ0v) is 22.6. The summed E-state index contributed by atoms with van der Waals surface area (Å²) in [5.74, 6) is 0.875. The van der Waals surface area contributed by atoms with Gasteiger partial charge in [-0.3, -0.25) is 9.59 Å². The molecule has 1 aliphatic heterocycles. The van der Waals surface area contributed by atoms with Gasteiger partial charge in [0.15, 0.2) is 5.65 Å². The molecular formula is C27H26BrClN6O2. The van der Waals surface area contributed by atoms with E-state index in [-0.39, 0.29) is 17.7 Å². The first-order chi connectivity index (χ1) is 17.9. The second-order valence-electron chi connectivity index (χ2n) is 9.14. The normalized spacial score (nSPS) is 15.5. The number of likely N-dealkylation sites (tertiary alicyclic amines) is 1. The Morgan fingerprint density at radius 3 is 2.81 bits per heavy atom. The highest BCUT2D eigenvalue weighted by molar-refractivity contribution is 9.10. The van der Waals surface area contributed by atoms with E-state index < -0.39 is 0 Å². The number of piperidine rings is 1. The van der Waals surface area contributed by atoms with Crippen molar-refractivity contribution in [3.05, 3.63) is 75.9 Å². The number of carbonyl (C=O) groups excluding carboxylic acids is 2. The van der Waals surface area contributed by atoms with E-state index in [1.165, 1.54) is 6.92 Å². The molecule has 0 aliphatic carbocycles. The minimum Gasteiger partial charge on any atom is -0.370 e. The van der Waals surface area contributed by atoms with Crippen molar-refractivity contribution in [3.63, 3.8) is 0 Å². The standard InChI is InChI=1S/C27H26BrClN6O2/c1-17(36)32-20-8-4-7-19(12-20)27(37)34-11-5-6-18(16-34)14-30-25-13-24(21-9-2-3-10-23(21)29)33-26-22(28)15-31-35(25)26/h2-4,7-10,12-13,15,18,30H,5-6,11,14,16H2,1H3,(H,32,36). The Bertz CT molecular complexity index is 1470. The third-order valence-corrected chi connectivity index (χ3v) is 7.28. The summed E-state index contributed by atoms with van der Waals surface area (Å²) >= 11 is 10.00. The number of benzene rings is 2. The number of nitrogens with one attached hydrogen (secondary N) is 2. The number of halogens is 2. The number of anilines is 2. The number of aromatic nitrogens is 3. The van der Waals surface area contributed by atoms with Gasteiger partial charge in [0.25, 0.3) is 5.91 Å². The lowest BCUT2D eigenvalue weighted by Gasteiger charge is -2.33. The van der Waals surface area contributed by atoms with Crippen LogP contribution in [0.15, 0.2) is 65.3 Å². The van der Waals surface area contributed by atoms with E-state index in [0.717, 1.165) is 34.4 Å². The lowest BCUT2D eigenvalue weighted by atomic mass is 9.97. The van der Waals surface area contributed by atoms with Gasteiger partial charge in [-0.2, -0.15) is 9.61 Å². The summed E-state index contributed by atoms with van der Waals surface area (Å²) in [4.78, 5) is 31.3. The number of nitrogens with zero attached hydrogens (tertiary/aromatic N) is 4. The first kappa shape index (κ1) is 25.2. The fourth-order valence-corrected chi connectivity index (χ4v) is 5.23. The second-order valence-corrected chi connectivity index (χ2v) is 10.4. The zero-order valence-electron chi connectivity index (χ0n) is 20.2. The van der Waals surface area contributed by atoms with Crippen LogP contribution in [0.5, 0.6) is 0 Å². The van der Waals surface area contributed by atoms with Gasteiger partial charge in [0.05, 0.1) is 16.4 Å². The molecule has 4 aromatic rings. The van der Waals surface area contributed by atoms with Crippen molar-refractivity contribution in [2.75, 3.05) is 30.3 Å². The molecule has 8 nitrogen and oxygen atoms in total. The highest BCUT2D eigenvalue weighted by Gasteiger charge is 2.25. The molecule has 1 saturated heterocycles. The van der Waals surface area contributed by atoms with E-state index >= 15 is 0 Å². The average molecular weight is 582 g/mol. The highest BCUT2D eigenvalue weighted by Crippen LogP contribution is 2.30. The Hall–Kier alpha value is -3.43. The van der Waals surface area contributed by atoms with Crippen LogP contribution in [-0.4, -0.2) is 50.9 Å². The van der Waals surface area contributed by atoms with Crippen LogP contribution in [0.4, 0.5) is 11.5 Å². The Morgan fingerprint density at radius 1 is 1.16 bits per heavy atom. The predicted octanol–water partition coefficient (Wildman–Crippen LogP) is 5.73. The first-order valence-electron chi connectivity index (χ1n) is 12.1. The van der Waals surface area contributed by atoms with Gasteiger partial charge in [-0.05, 0) is 59.0 Å². The Kier molecular flexibility index (Phi) is 7.43. The van der Waals surface area contributed by atoms with Crippen molar-refractivity contribution in [2.24, 2.45) is 5.92 Å². The Morgan fingerprint density at radius 2 is 2.00 bits per heavy atom. The third-order valence-electron chi connectivity index (χ3n) is 6.39. The summed E-state index contributed by atoms with van der Waals surface area (Å²) in [6.45, 7) is 3.48. The number of amides is 2. The van der Waals surface area contributed by atoms with Crippen LogP contribution in [-0.2, 0) is 4.79 Å².